The molecule has 0 aromatic heterocycles. The number of hydrogen-bond donors (Lipinski definition) is 0. The van der Waals surface area contributed by atoms with Crippen molar-refractivity contribution in [3.8, 4) is 0 Å². The lowest BCUT2D eigenvalue weighted by atomic mass is 9.79. The number of halogens is 2. The number of benzene rings is 1. The Labute approximate surface area is 310 Å². The fourth-order valence-corrected chi connectivity index (χ4v) is 5.43. The first kappa shape index (κ1) is 52.4. The Kier molecular flexibility index (Phi) is 33.8. The summed E-state index contributed by atoms with van der Waals surface area (Å²) in [5.74, 6) is -0.0759. The molecule has 1 aromatic rings. The molecule has 4 rings (SSSR count). The van der Waals surface area contributed by atoms with Crippen LogP contribution < -0.4 is 0 Å². The van der Waals surface area contributed by atoms with Crippen LogP contribution in [0.25, 0.3) is 0 Å². The summed E-state index contributed by atoms with van der Waals surface area (Å²) in [6.45, 7) is 14.5. The number of nitrogens with zero attached hydrogens (tertiary/aromatic N) is 1. The van der Waals surface area contributed by atoms with Gasteiger partial charge in [0.1, 0.15) is 12.6 Å². The maximum atomic E-state index is 13.8. The zero-order chi connectivity index (χ0) is 37.0. The SMILES string of the molecule is C.C.CC1CCC(=O)OC1.CCC=NC1CCCCC1.CCC=O.CCOC(=O)CCC(C)C=O.Cc1ccc(C2CCC(C)CC2)c(F)c1F. The molecule has 3 aliphatic rings. The summed E-state index contributed by atoms with van der Waals surface area (Å²) in [5, 5.41) is 0. The van der Waals surface area contributed by atoms with Crippen LogP contribution in [0.2, 0.25) is 0 Å². The van der Waals surface area contributed by atoms with Crippen LogP contribution >= 0.6 is 0 Å². The Morgan fingerprint density at radius 1 is 0.922 bits per heavy atom. The van der Waals surface area contributed by atoms with Crippen molar-refractivity contribution < 1.29 is 37.4 Å². The quantitative estimate of drug-likeness (QED) is 0.143. The number of hydrogen-bond acceptors (Lipinski definition) is 7. The molecule has 0 N–H and O–H groups in total. The molecule has 7 nitrogen and oxygen atoms in total. The summed E-state index contributed by atoms with van der Waals surface area (Å²) in [6.07, 6.45) is 19.2. The molecule has 1 aliphatic heterocycles. The van der Waals surface area contributed by atoms with Crippen LogP contribution in [-0.2, 0) is 28.7 Å². The number of esters is 2. The van der Waals surface area contributed by atoms with E-state index in [1.54, 1.807) is 32.9 Å². The monoisotopic (exact) mass is 726 g/mol. The Morgan fingerprint density at radius 2 is 1.53 bits per heavy atom. The molecule has 0 bridgehead atoms. The zero-order valence-electron chi connectivity index (χ0n) is 31.4. The van der Waals surface area contributed by atoms with Gasteiger partial charge in [0.25, 0.3) is 0 Å². The van der Waals surface area contributed by atoms with Gasteiger partial charge in [-0.2, -0.15) is 0 Å². The van der Waals surface area contributed by atoms with Crippen LogP contribution in [0.15, 0.2) is 17.1 Å². The highest BCUT2D eigenvalue weighted by molar-refractivity contribution is 5.70. The molecule has 2 aliphatic carbocycles. The Balaban J connectivity index is -0.000000590. The summed E-state index contributed by atoms with van der Waals surface area (Å²) < 4.78 is 36.7. The van der Waals surface area contributed by atoms with Crippen LogP contribution in [0.4, 0.5) is 8.78 Å². The lowest BCUT2D eigenvalue weighted by molar-refractivity contribution is -0.149. The van der Waals surface area contributed by atoms with Crippen LogP contribution in [0.5, 0.6) is 0 Å². The van der Waals surface area contributed by atoms with Gasteiger partial charge in [-0.1, -0.05) is 93.7 Å². The van der Waals surface area contributed by atoms with Gasteiger partial charge in [-0.25, -0.2) is 8.78 Å². The van der Waals surface area contributed by atoms with Gasteiger partial charge in [-0.15, -0.1) is 0 Å². The number of carbonyl (C=O) groups excluding carboxylic acids is 4. The molecule has 51 heavy (non-hydrogen) atoms. The van der Waals surface area contributed by atoms with E-state index in [-0.39, 0.29) is 38.6 Å². The molecule has 0 amide bonds. The third-order valence-corrected chi connectivity index (χ3v) is 8.71. The van der Waals surface area contributed by atoms with E-state index in [9.17, 15) is 28.0 Å². The summed E-state index contributed by atoms with van der Waals surface area (Å²) in [5.41, 5.74) is 0.973. The number of cyclic esters (lactones) is 1. The number of carbonyl (C=O) groups is 4. The van der Waals surface area contributed by atoms with Crippen molar-refractivity contribution in [2.45, 2.75) is 172 Å². The first-order valence-corrected chi connectivity index (χ1v) is 18.6. The van der Waals surface area contributed by atoms with E-state index < -0.39 is 11.6 Å². The van der Waals surface area contributed by atoms with Crippen LogP contribution in [0.1, 0.15) is 170 Å². The topological polar surface area (TPSA) is 99.1 Å². The standard InChI is InChI=1S/C14H18F2.C9H17N.C8H14O3.C6H10O2.C3H6O.2CH4/c1-9-3-6-11(7-4-9)12-8-5-10(2)13(15)14(12)16;1-2-8-10-9-6-4-3-5-7-9;1-3-11-8(10)5-4-7(2)6-9;1-5-2-3-6(7)8-4-5;1-2-3-4;;/h5,8-9,11H,3-4,6-7H2,1-2H3;8-9H,2-7H2,1H3;6-7H,3-5H2,1-2H3;5H,2-4H2,1H3;3H,2H2,1H3;2*1H4. The first-order valence-electron chi connectivity index (χ1n) is 18.6. The number of rotatable bonds is 9. The number of ether oxygens (including phenoxy) is 2. The highest BCUT2D eigenvalue weighted by Gasteiger charge is 2.24. The predicted molar refractivity (Wildman–Crippen MR) is 207 cm³/mol. The smallest absolute Gasteiger partial charge is 0.305 e. The van der Waals surface area contributed by atoms with Crippen molar-refractivity contribution in [1.82, 2.24) is 0 Å². The molecule has 1 heterocycles. The molecule has 2 atom stereocenters. The molecule has 1 saturated heterocycles. The fraction of sp³-hybridized carbons (Fsp3) is 0.738. The minimum Gasteiger partial charge on any atom is -0.466 e. The van der Waals surface area contributed by atoms with Crippen LogP contribution in [-0.4, -0.2) is 50.0 Å². The third kappa shape index (κ3) is 25.6. The van der Waals surface area contributed by atoms with Gasteiger partial charge >= 0.3 is 11.9 Å². The van der Waals surface area contributed by atoms with E-state index in [2.05, 4.69) is 36.7 Å². The van der Waals surface area contributed by atoms with Gasteiger partial charge in [0.05, 0.1) is 13.2 Å². The summed E-state index contributed by atoms with van der Waals surface area (Å²) >= 11 is 0. The maximum absolute atomic E-state index is 13.8. The van der Waals surface area contributed by atoms with Gasteiger partial charge in [-0.3, -0.25) is 14.6 Å². The highest BCUT2D eigenvalue weighted by Crippen LogP contribution is 2.37. The van der Waals surface area contributed by atoms with E-state index in [4.69, 9.17) is 4.74 Å². The molecule has 0 radical (unpaired) electrons. The molecule has 296 valence electrons. The van der Waals surface area contributed by atoms with Crippen LogP contribution in [0.3, 0.4) is 0 Å². The van der Waals surface area contributed by atoms with Crippen molar-refractivity contribution in [3.05, 3.63) is 34.9 Å². The van der Waals surface area contributed by atoms with Gasteiger partial charge < -0.3 is 19.1 Å². The normalized spacial score (nSPS) is 20.2. The van der Waals surface area contributed by atoms with E-state index in [1.165, 1.54) is 32.1 Å². The molecule has 1 aromatic carbocycles. The molecule has 2 unspecified atom stereocenters. The fourth-order valence-electron chi connectivity index (χ4n) is 5.43. The summed E-state index contributed by atoms with van der Waals surface area (Å²) in [4.78, 5) is 44.9. The maximum Gasteiger partial charge on any atom is 0.305 e. The predicted octanol–water partition coefficient (Wildman–Crippen LogP) is 11.4. The molecule has 2 saturated carbocycles. The third-order valence-electron chi connectivity index (χ3n) is 8.71. The van der Waals surface area contributed by atoms with Crippen molar-refractivity contribution in [2.75, 3.05) is 13.2 Å². The van der Waals surface area contributed by atoms with Crippen molar-refractivity contribution >= 4 is 30.7 Å². The second kappa shape index (κ2) is 32.9. The number of aryl methyl sites for hydroxylation is 1. The Morgan fingerprint density at radius 3 is 2.00 bits per heavy atom. The second-order valence-electron chi connectivity index (χ2n) is 13.4. The average molecular weight is 726 g/mol. The number of aldehydes is 2. The van der Waals surface area contributed by atoms with Crippen LogP contribution in [0, 0.1) is 36.3 Å². The largest absolute Gasteiger partial charge is 0.466 e. The Hall–Kier alpha value is -2.97. The molecule has 3 fully saturated rings. The van der Waals surface area contributed by atoms with Gasteiger partial charge in [-0.05, 0) is 93.9 Å². The minimum atomic E-state index is -0.670. The van der Waals surface area contributed by atoms with E-state index >= 15 is 0 Å². The summed E-state index contributed by atoms with van der Waals surface area (Å²) in [6, 6.07) is 4.12. The first-order chi connectivity index (χ1) is 23.4. The van der Waals surface area contributed by atoms with Gasteiger partial charge in [0, 0.05) is 31.2 Å². The lowest BCUT2D eigenvalue weighted by Gasteiger charge is -2.26. The minimum absolute atomic E-state index is 0. The molecule has 9 heteroatoms. The molecular formula is C42H73F2NO6. The molecular weight excluding hydrogens is 652 g/mol. The number of aliphatic imine (C=N–C) groups is 1. The van der Waals surface area contributed by atoms with Gasteiger partial charge in [0.2, 0.25) is 0 Å². The van der Waals surface area contributed by atoms with Crippen molar-refractivity contribution in [1.29, 1.82) is 0 Å². The summed E-state index contributed by atoms with van der Waals surface area (Å²) in [7, 11) is 0. The van der Waals surface area contributed by atoms with E-state index in [1.807, 2.05) is 6.92 Å². The highest BCUT2D eigenvalue weighted by atomic mass is 19.2. The second-order valence-corrected chi connectivity index (χ2v) is 13.4. The molecule has 0 spiro atoms. The zero-order valence-corrected chi connectivity index (χ0v) is 31.4. The van der Waals surface area contributed by atoms with E-state index in [0.29, 0.717) is 62.0 Å². The Bertz CT molecular complexity index is 1070. The lowest BCUT2D eigenvalue weighted by Crippen LogP contribution is -2.18. The van der Waals surface area contributed by atoms with Crippen molar-refractivity contribution in [2.24, 2.45) is 22.7 Å². The van der Waals surface area contributed by atoms with Gasteiger partial charge in [0.15, 0.2) is 11.6 Å². The van der Waals surface area contributed by atoms with Crippen molar-refractivity contribution in [3.63, 3.8) is 0 Å². The average Bonchev–Trinajstić information content (AvgIpc) is 3.12. The van der Waals surface area contributed by atoms with E-state index in [0.717, 1.165) is 57.0 Å².